The van der Waals surface area contributed by atoms with Crippen LogP contribution in [-0.4, -0.2) is 31.2 Å². The number of nitrogens with zero attached hydrogens (tertiary/aromatic N) is 2. The molecule has 0 fully saturated rings. The molecule has 1 heterocycles. The van der Waals surface area contributed by atoms with Crippen LogP contribution in [0.5, 0.6) is 0 Å². The van der Waals surface area contributed by atoms with E-state index in [0.717, 1.165) is 10.0 Å². The lowest BCUT2D eigenvalue weighted by Gasteiger charge is -2.33. The third-order valence-electron chi connectivity index (χ3n) is 4.82. The van der Waals surface area contributed by atoms with Gasteiger partial charge in [0.1, 0.15) is 11.1 Å². The minimum atomic E-state index is -4.06. The van der Waals surface area contributed by atoms with Crippen molar-refractivity contribution in [1.29, 1.82) is 0 Å². The second-order valence-electron chi connectivity index (χ2n) is 7.93. The Morgan fingerprint density at radius 3 is 2.19 bits per heavy atom. The molecule has 3 aromatic rings. The summed E-state index contributed by atoms with van der Waals surface area (Å²) in [4.78, 5) is 14.8. The van der Waals surface area contributed by atoms with Gasteiger partial charge in [-0.25, -0.2) is 4.79 Å². The molecule has 0 unspecified atom stereocenters. The van der Waals surface area contributed by atoms with Crippen LogP contribution in [-0.2, 0) is 10.0 Å². The topological polar surface area (TPSA) is 80.0 Å². The van der Waals surface area contributed by atoms with Crippen molar-refractivity contribution < 1.29 is 12.8 Å². The molecule has 164 valence electrons. The Morgan fingerprint density at radius 2 is 1.61 bits per heavy atom. The molecule has 0 radical (unpaired) electrons. The fourth-order valence-electron chi connectivity index (χ4n) is 3.45. The highest BCUT2D eigenvalue weighted by Gasteiger charge is 2.27. The van der Waals surface area contributed by atoms with Crippen LogP contribution in [0.15, 0.2) is 71.5 Å². The van der Waals surface area contributed by atoms with Gasteiger partial charge >= 0.3 is 5.63 Å². The first-order valence-electron chi connectivity index (χ1n) is 9.93. The van der Waals surface area contributed by atoms with Gasteiger partial charge in [0.15, 0.2) is 5.84 Å². The van der Waals surface area contributed by atoms with Gasteiger partial charge in [-0.15, -0.1) is 4.40 Å². The highest BCUT2D eigenvalue weighted by atomic mass is 79.9. The molecule has 0 atom stereocenters. The molecule has 0 aliphatic heterocycles. The number of hydrogen-bond donors (Lipinski definition) is 0. The summed E-state index contributed by atoms with van der Waals surface area (Å²) in [6.07, 6.45) is 0. The van der Waals surface area contributed by atoms with E-state index in [1.54, 1.807) is 30.3 Å². The molecule has 0 spiro atoms. The Bertz CT molecular complexity index is 1290. The summed E-state index contributed by atoms with van der Waals surface area (Å²) in [5.74, 6) is 0.0706. The van der Waals surface area contributed by atoms with Gasteiger partial charge in [0.2, 0.25) is 0 Å². The number of aryl methyl sites for hydroxylation is 1. The maximum atomic E-state index is 13.2. The van der Waals surface area contributed by atoms with E-state index in [0.29, 0.717) is 11.0 Å². The average Bonchev–Trinajstić information content (AvgIpc) is 2.67. The van der Waals surface area contributed by atoms with Gasteiger partial charge in [0, 0.05) is 21.9 Å². The van der Waals surface area contributed by atoms with Crippen molar-refractivity contribution >= 4 is 42.8 Å². The molecule has 0 saturated heterocycles. The lowest BCUT2D eigenvalue weighted by atomic mass is 10.1. The van der Waals surface area contributed by atoms with Crippen LogP contribution in [0.1, 0.15) is 38.8 Å². The number of fused-ring (bicyclic) bond motifs is 1. The number of hydrogen-bond acceptors (Lipinski definition) is 4. The monoisotopic (exact) mass is 504 g/mol. The van der Waals surface area contributed by atoms with E-state index in [-0.39, 0.29) is 28.4 Å². The molecular weight excluding hydrogens is 480 g/mol. The molecule has 2 aromatic carbocycles. The van der Waals surface area contributed by atoms with Crippen LogP contribution in [0.4, 0.5) is 0 Å². The van der Waals surface area contributed by atoms with Crippen molar-refractivity contribution in [2.24, 2.45) is 4.40 Å². The third-order valence-corrected chi connectivity index (χ3v) is 6.59. The molecule has 31 heavy (non-hydrogen) atoms. The standard InChI is InChI=1S/C23H25BrN2O4S/c1-14(2)26(15(3)4)22(25-31(28,29)19-9-6-16(5)7-10-19)20-13-17-12-18(24)8-11-21(17)30-23(20)27/h6-15H,1-5H3/b25-22+. The Kier molecular flexibility index (Phi) is 6.71. The van der Waals surface area contributed by atoms with Gasteiger partial charge < -0.3 is 9.32 Å². The number of halogens is 1. The van der Waals surface area contributed by atoms with Gasteiger partial charge in [-0.2, -0.15) is 8.42 Å². The van der Waals surface area contributed by atoms with Crippen LogP contribution in [0.2, 0.25) is 0 Å². The molecule has 0 aliphatic carbocycles. The first-order chi connectivity index (χ1) is 14.5. The Labute approximate surface area is 190 Å². The van der Waals surface area contributed by atoms with Crippen LogP contribution in [0.3, 0.4) is 0 Å². The molecule has 8 heteroatoms. The summed E-state index contributed by atoms with van der Waals surface area (Å²) in [5, 5.41) is 0.664. The molecule has 3 rings (SSSR count). The van der Waals surface area contributed by atoms with E-state index < -0.39 is 15.6 Å². The smallest absolute Gasteiger partial charge is 0.347 e. The Hall–Kier alpha value is -2.45. The number of rotatable bonds is 5. The normalized spacial score (nSPS) is 12.7. The minimum Gasteiger partial charge on any atom is -0.422 e. The van der Waals surface area contributed by atoms with Gasteiger partial charge in [-0.1, -0.05) is 33.6 Å². The van der Waals surface area contributed by atoms with Gasteiger partial charge in [-0.3, -0.25) is 0 Å². The average molecular weight is 505 g/mol. The Morgan fingerprint density at radius 1 is 1.00 bits per heavy atom. The van der Waals surface area contributed by atoms with E-state index in [4.69, 9.17) is 4.42 Å². The SMILES string of the molecule is Cc1ccc(S(=O)(=O)/N=C(\c2cc3cc(Br)ccc3oc2=O)N(C(C)C)C(C)C)cc1. The highest BCUT2D eigenvalue weighted by Crippen LogP contribution is 2.23. The number of amidine groups is 1. The second kappa shape index (κ2) is 8.96. The Balaban J connectivity index is 2.31. The van der Waals surface area contributed by atoms with Crippen LogP contribution >= 0.6 is 15.9 Å². The molecular formula is C23H25BrN2O4S. The fourth-order valence-corrected chi connectivity index (χ4v) is 4.83. The van der Waals surface area contributed by atoms with E-state index in [9.17, 15) is 13.2 Å². The molecule has 0 amide bonds. The first kappa shape index (κ1) is 23.2. The van der Waals surface area contributed by atoms with Gasteiger partial charge in [-0.05, 0) is 71.0 Å². The zero-order chi connectivity index (χ0) is 22.9. The largest absolute Gasteiger partial charge is 0.422 e. The molecule has 0 N–H and O–H groups in total. The van der Waals surface area contributed by atoms with Crippen LogP contribution < -0.4 is 5.63 Å². The lowest BCUT2D eigenvalue weighted by Crippen LogP contribution is -2.44. The zero-order valence-corrected chi connectivity index (χ0v) is 20.5. The van der Waals surface area contributed by atoms with Crippen molar-refractivity contribution in [3.05, 3.63) is 74.6 Å². The first-order valence-corrected chi connectivity index (χ1v) is 12.2. The third kappa shape index (κ3) is 5.07. The molecule has 1 aromatic heterocycles. The van der Waals surface area contributed by atoms with Crippen molar-refractivity contribution in [1.82, 2.24) is 4.90 Å². The quantitative estimate of drug-likeness (QED) is 0.273. The predicted octanol–water partition coefficient (Wildman–Crippen LogP) is 5.12. The minimum absolute atomic E-state index is 0.0657. The van der Waals surface area contributed by atoms with E-state index in [1.165, 1.54) is 12.1 Å². The highest BCUT2D eigenvalue weighted by molar-refractivity contribution is 9.10. The number of benzene rings is 2. The number of sulfonamides is 1. The van der Waals surface area contributed by atoms with Crippen LogP contribution in [0, 0.1) is 6.92 Å². The maximum absolute atomic E-state index is 13.2. The molecule has 6 nitrogen and oxygen atoms in total. The van der Waals surface area contributed by atoms with E-state index in [2.05, 4.69) is 20.3 Å². The van der Waals surface area contributed by atoms with Gasteiger partial charge in [0.05, 0.1) is 4.90 Å². The summed E-state index contributed by atoms with van der Waals surface area (Å²) in [7, 11) is -4.06. The predicted molar refractivity (Wildman–Crippen MR) is 127 cm³/mol. The summed E-state index contributed by atoms with van der Waals surface area (Å²) in [5.41, 5.74) is 0.816. The summed E-state index contributed by atoms with van der Waals surface area (Å²) in [6, 6.07) is 13.1. The summed E-state index contributed by atoms with van der Waals surface area (Å²) < 4.78 is 36.8. The fraction of sp³-hybridized carbons (Fsp3) is 0.304. The van der Waals surface area contributed by atoms with Crippen molar-refractivity contribution in [3.63, 3.8) is 0 Å². The van der Waals surface area contributed by atoms with Crippen molar-refractivity contribution in [2.75, 3.05) is 0 Å². The molecule has 0 aliphatic rings. The van der Waals surface area contributed by atoms with Crippen LogP contribution in [0.25, 0.3) is 11.0 Å². The second-order valence-corrected chi connectivity index (χ2v) is 10.4. The van der Waals surface area contributed by atoms with Crippen molar-refractivity contribution in [2.45, 2.75) is 51.6 Å². The van der Waals surface area contributed by atoms with Gasteiger partial charge in [0.25, 0.3) is 10.0 Å². The lowest BCUT2D eigenvalue weighted by molar-refractivity contribution is 0.292. The van der Waals surface area contributed by atoms with E-state index in [1.807, 2.05) is 45.6 Å². The summed E-state index contributed by atoms with van der Waals surface area (Å²) in [6.45, 7) is 9.57. The van der Waals surface area contributed by atoms with E-state index >= 15 is 0 Å². The summed E-state index contributed by atoms with van der Waals surface area (Å²) >= 11 is 3.42. The zero-order valence-electron chi connectivity index (χ0n) is 18.1. The molecule has 0 bridgehead atoms. The van der Waals surface area contributed by atoms with Crippen molar-refractivity contribution in [3.8, 4) is 0 Å². The maximum Gasteiger partial charge on any atom is 0.347 e. The molecule has 0 saturated carbocycles.